The second kappa shape index (κ2) is 6.96. The Morgan fingerprint density at radius 2 is 1.45 bits per heavy atom. The van der Waals surface area contributed by atoms with E-state index in [2.05, 4.69) is 94.1 Å². The Hall–Kier alpha value is -0.523. The topological polar surface area (TPSA) is 0 Å². The highest BCUT2D eigenvalue weighted by Gasteiger charge is 2.41. The molecule has 0 radical (unpaired) electrons. The van der Waals surface area contributed by atoms with Crippen LogP contribution in [0.5, 0.6) is 0 Å². The SMILES string of the molecule is Cc1c(Br)cccc1C#C[Si](C(C)C)(C(C)C)C(C)C. The van der Waals surface area contributed by atoms with Crippen molar-refractivity contribution in [1.29, 1.82) is 0 Å². The summed E-state index contributed by atoms with van der Waals surface area (Å²) in [4.78, 5) is 0. The lowest BCUT2D eigenvalue weighted by molar-refractivity contribution is 0.838. The molecule has 0 saturated heterocycles. The first-order valence-electron chi connectivity index (χ1n) is 7.51. The lowest BCUT2D eigenvalue weighted by Gasteiger charge is -2.38. The zero-order valence-corrected chi connectivity index (χ0v) is 16.4. The summed E-state index contributed by atoms with van der Waals surface area (Å²) < 4.78 is 1.15. The molecule has 0 heterocycles. The molecule has 0 aliphatic rings. The fourth-order valence-corrected chi connectivity index (χ4v) is 8.93. The molecule has 0 unspecified atom stereocenters. The highest BCUT2D eigenvalue weighted by atomic mass is 79.9. The number of hydrogen-bond donors (Lipinski definition) is 0. The fourth-order valence-electron chi connectivity index (χ4n) is 3.35. The minimum absolute atomic E-state index is 0.683. The molecular formula is C18H27BrSi. The Balaban J connectivity index is 3.35. The largest absolute Gasteiger partial charge is 0.146 e. The van der Waals surface area contributed by atoms with Crippen LogP contribution in [0.1, 0.15) is 52.7 Å². The first-order chi connectivity index (χ1) is 9.23. The molecule has 0 fully saturated rings. The van der Waals surface area contributed by atoms with Crippen LogP contribution in [0, 0.1) is 18.4 Å². The van der Waals surface area contributed by atoms with Gasteiger partial charge in [0.25, 0.3) is 0 Å². The molecule has 20 heavy (non-hydrogen) atoms. The fraction of sp³-hybridized carbons (Fsp3) is 0.556. The van der Waals surface area contributed by atoms with Gasteiger partial charge in [-0.05, 0) is 41.2 Å². The minimum Gasteiger partial charge on any atom is -0.125 e. The molecule has 110 valence electrons. The zero-order valence-electron chi connectivity index (χ0n) is 13.8. The van der Waals surface area contributed by atoms with Crippen LogP contribution < -0.4 is 0 Å². The Morgan fingerprint density at radius 3 is 1.90 bits per heavy atom. The van der Waals surface area contributed by atoms with Gasteiger partial charge in [0.1, 0.15) is 8.07 Å². The number of benzene rings is 1. The first-order valence-corrected chi connectivity index (χ1v) is 10.5. The van der Waals surface area contributed by atoms with Gasteiger partial charge in [0.15, 0.2) is 0 Å². The van der Waals surface area contributed by atoms with Crippen molar-refractivity contribution in [2.75, 3.05) is 0 Å². The second-order valence-corrected chi connectivity index (χ2v) is 13.0. The van der Waals surface area contributed by atoms with Crippen molar-refractivity contribution in [3.63, 3.8) is 0 Å². The average Bonchev–Trinajstić information content (AvgIpc) is 2.33. The predicted molar refractivity (Wildman–Crippen MR) is 96.8 cm³/mol. The molecule has 0 aliphatic carbocycles. The molecule has 1 aromatic rings. The third-order valence-electron chi connectivity index (χ3n) is 4.55. The zero-order chi connectivity index (χ0) is 15.5. The van der Waals surface area contributed by atoms with Crippen molar-refractivity contribution in [3.8, 4) is 11.5 Å². The third kappa shape index (κ3) is 3.38. The second-order valence-electron chi connectivity index (χ2n) is 6.56. The summed E-state index contributed by atoms with van der Waals surface area (Å²) in [5.74, 6) is 3.52. The monoisotopic (exact) mass is 350 g/mol. The maximum Gasteiger partial charge on any atom is 0.146 e. The van der Waals surface area contributed by atoms with Crippen LogP contribution in [0.2, 0.25) is 16.6 Å². The molecule has 0 amide bonds. The summed E-state index contributed by atoms with van der Waals surface area (Å²) in [6.45, 7) is 16.3. The van der Waals surface area contributed by atoms with Crippen molar-refractivity contribution in [2.45, 2.75) is 65.1 Å². The van der Waals surface area contributed by atoms with Gasteiger partial charge in [0.05, 0.1) is 0 Å². The number of rotatable bonds is 3. The van der Waals surface area contributed by atoms with Gasteiger partial charge in [-0.15, -0.1) is 5.54 Å². The minimum atomic E-state index is -1.63. The average molecular weight is 351 g/mol. The molecule has 0 bridgehead atoms. The van der Waals surface area contributed by atoms with E-state index in [-0.39, 0.29) is 0 Å². The Kier molecular flexibility index (Phi) is 6.10. The van der Waals surface area contributed by atoms with E-state index in [4.69, 9.17) is 0 Å². The van der Waals surface area contributed by atoms with E-state index in [1.54, 1.807) is 0 Å². The van der Waals surface area contributed by atoms with Crippen molar-refractivity contribution in [3.05, 3.63) is 33.8 Å². The van der Waals surface area contributed by atoms with Gasteiger partial charge in [-0.3, -0.25) is 0 Å². The van der Waals surface area contributed by atoms with Crippen LogP contribution >= 0.6 is 15.9 Å². The van der Waals surface area contributed by atoms with Gasteiger partial charge >= 0.3 is 0 Å². The van der Waals surface area contributed by atoms with Crippen LogP contribution in [-0.2, 0) is 0 Å². The number of hydrogen-bond acceptors (Lipinski definition) is 0. The Bertz CT molecular complexity index is 496. The molecule has 1 aromatic carbocycles. The summed E-state index contributed by atoms with van der Waals surface area (Å²) in [7, 11) is -1.63. The van der Waals surface area contributed by atoms with Gasteiger partial charge in [0, 0.05) is 10.0 Å². The predicted octanol–water partition coefficient (Wildman–Crippen LogP) is 6.33. The van der Waals surface area contributed by atoms with E-state index in [9.17, 15) is 0 Å². The van der Waals surface area contributed by atoms with Gasteiger partial charge < -0.3 is 0 Å². The Morgan fingerprint density at radius 1 is 0.950 bits per heavy atom. The van der Waals surface area contributed by atoms with Crippen molar-refractivity contribution >= 4 is 24.0 Å². The van der Waals surface area contributed by atoms with Crippen LogP contribution in [0.15, 0.2) is 22.7 Å². The number of halogens is 1. The van der Waals surface area contributed by atoms with Crippen LogP contribution in [0.25, 0.3) is 0 Å². The lowest BCUT2D eigenvalue weighted by Crippen LogP contribution is -2.43. The van der Waals surface area contributed by atoms with Crippen molar-refractivity contribution in [2.24, 2.45) is 0 Å². The smallest absolute Gasteiger partial charge is 0.125 e. The molecule has 2 heteroatoms. The van der Waals surface area contributed by atoms with Gasteiger partial charge in [-0.2, -0.15) is 0 Å². The molecular weight excluding hydrogens is 324 g/mol. The maximum absolute atomic E-state index is 3.78. The molecule has 0 saturated carbocycles. The molecule has 0 spiro atoms. The Labute approximate surface area is 134 Å². The maximum atomic E-state index is 3.78. The van der Waals surface area contributed by atoms with Gasteiger partial charge in [-0.25, -0.2) is 0 Å². The highest BCUT2D eigenvalue weighted by molar-refractivity contribution is 9.10. The van der Waals surface area contributed by atoms with Crippen LogP contribution in [-0.4, -0.2) is 8.07 Å². The molecule has 0 aromatic heterocycles. The normalized spacial score (nSPS) is 11.9. The summed E-state index contributed by atoms with van der Waals surface area (Å²) in [6, 6.07) is 6.29. The quantitative estimate of drug-likeness (QED) is 0.441. The van der Waals surface area contributed by atoms with Gasteiger partial charge in [-0.1, -0.05) is 69.5 Å². The lowest BCUT2D eigenvalue weighted by atomic mass is 10.1. The van der Waals surface area contributed by atoms with Crippen LogP contribution in [0.4, 0.5) is 0 Å². The standard InChI is InChI=1S/C18H27BrSi/c1-13(2)20(14(3)4,15(5)6)12-11-17-9-8-10-18(19)16(17)7/h8-10,13-15H,1-7H3. The van der Waals surface area contributed by atoms with E-state index >= 15 is 0 Å². The third-order valence-corrected chi connectivity index (χ3v) is 11.7. The van der Waals surface area contributed by atoms with Crippen LogP contribution in [0.3, 0.4) is 0 Å². The molecule has 1 rings (SSSR count). The summed E-state index contributed by atoms with van der Waals surface area (Å²) in [5, 5.41) is 0. The molecule has 0 aliphatic heterocycles. The van der Waals surface area contributed by atoms with Gasteiger partial charge in [0.2, 0.25) is 0 Å². The van der Waals surface area contributed by atoms with Crippen molar-refractivity contribution in [1.82, 2.24) is 0 Å². The molecule has 0 nitrogen and oxygen atoms in total. The summed E-state index contributed by atoms with van der Waals surface area (Å²) >= 11 is 3.60. The summed E-state index contributed by atoms with van der Waals surface area (Å²) in [5.41, 5.74) is 8.25. The molecule has 0 atom stereocenters. The van der Waals surface area contributed by atoms with E-state index in [1.807, 2.05) is 0 Å². The van der Waals surface area contributed by atoms with E-state index in [0.29, 0.717) is 16.6 Å². The van der Waals surface area contributed by atoms with E-state index in [0.717, 1.165) is 4.47 Å². The highest BCUT2D eigenvalue weighted by Crippen LogP contribution is 2.40. The summed E-state index contributed by atoms with van der Waals surface area (Å²) in [6.07, 6.45) is 0. The molecule has 0 N–H and O–H groups in total. The first kappa shape index (κ1) is 17.5. The van der Waals surface area contributed by atoms with E-state index in [1.165, 1.54) is 11.1 Å². The van der Waals surface area contributed by atoms with E-state index < -0.39 is 8.07 Å². The van der Waals surface area contributed by atoms with Crippen molar-refractivity contribution < 1.29 is 0 Å².